The number of hydrogen-bond acceptors (Lipinski definition) is 8. The topological polar surface area (TPSA) is 147 Å². The Hall–Kier alpha value is -5.49. The average Bonchev–Trinajstić information content (AvgIpc) is 3.16. The summed E-state index contributed by atoms with van der Waals surface area (Å²) in [6, 6.07) is 29.7. The van der Waals surface area contributed by atoms with Crippen molar-refractivity contribution in [1.29, 1.82) is 0 Å². The molecule has 1 aromatic heterocycles. The molecule has 0 radical (unpaired) electrons. The van der Waals surface area contributed by atoms with Crippen LogP contribution in [0.25, 0.3) is 22.0 Å². The number of pyridine rings is 1. The number of aromatic nitrogens is 1. The molecule has 5 aromatic rings. The van der Waals surface area contributed by atoms with E-state index in [1.807, 2.05) is 77.7 Å². The van der Waals surface area contributed by atoms with Crippen LogP contribution in [0.2, 0.25) is 0 Å². The monoisotopic (exact) mass is 701 g/mol. The molecule has 4 aromatic carbocycles. The van der Waals surface area contributed by atoms with Crippen LogP contribution in [0.15, 0.2) is 102 Å². The number of aliphatic hydroxyl groups is 1. The van der Waals surface area contributed by atoms with Gasteiger partial charge < -0.3 is 35.1 Å². The Morgan fingerprint density at radius 1 is 0.885 bits per heavy atom. The number of rotatable bonds is 11. The molecule has 0 bridgehead atoms. The number of nitrogens with zero attached hydrogens (tertiary/aromatic N) is 2. The van der Waals surface area contributed by atoms with Gasteiger partial charge in [-0.25, -0.2) is 4.79 Å². The molecule has 2 aliphatic heterocycles. The van der Waals surface area contributed by atoms with Crippen molar-refractivity contribution in [1.82, 2.24) is 20.1 Å². The van der Waals surface area contributed by atoms with Crippen LogP contribution in [0.5, 0.6) is 5.75 Å². The van der Waals surface area contributed by atoms with Gasteiger partial charge in [-0.05, 0) is 65.8 Å². The predicted octanol–water partition coefficient (Wildman–Crippen LogP) is 5.44. The third kappa shape index (κ3) is 8.02. The number of phenolic OH excluding ortho intramolecular Hbond substituents is 1. The van der Waals surface area contributed by atoms with E-state index in [-0.39, 0.29) is 29.9 Å². The van der Waals surface area contributed by atoms with E-state index in [0.717, 1.165) is 61.2 Å². The fourth-order valence-corrected chi connectivity index (χ4v) is 7.17. The molecule has 2 aliphatic rings. The molecule has 3 heterocycles. The van der Waals surface area contributed by atoms with Crippen LogP contribution in [0.3, 0.4) is 0 Å². The molecule has 0 spiro atoms. The summed E-state index contributed by atoms with van der Waals surface area (Å²) in [4.78, 5) is 45.0. The van der Waals surface area contributed by atoms with Gasteiger partial charge in [0.15, 0.2) is 0 Å². The Balaban J connectivity index is 0.866. The molecule has 268 valence electrons. The van der Waals surface area contributed by atoms with Crippen molar-refractivity contribution < 1.29 is 24.5 Å². The fraction of sp³-hybridized carbons (Fsp3) is 0.293. The lowest BCUT2D eigenvalue weighted by Gasteiger charge is -2.34. The third-order valence-corrected chi connectivity index (χ3v) is 10.0. The maximum atomic E-state index is 13.6. The molecule has 5 N–H and O–H groups in total. The number of aliphatic hydroxyl groups excluding tert-OH is 1. The maximum absolute atomic E-state index is 13.6. The van der Waals surface area contributed by atoms with Gasteiger partial charge in [0.2, 0.25) is 5.56 Å². The van der Waals surface area contributed by atoms with Gasteiger partial charge in [-0.2, -0.15) is 0 Å². The Morgan fingerprint density at radius 3 is 2.50 bits per heavy atom. The second-order valence-corrected chi connectivity index (χ2v) is 13.4. The van der Waals surface area contributed by atoms with Crippen LogP contribution in [-0.2, 0) is 17.7 Å². The summed E-state index contributed by atoms with van der Waals surface area (Å²) < 4.78 is 5.80. The Morgan fingerprint density at radius 2 is 1.67 bits per heavy atom. The molecular formula is C41H43N5O6. The van der Waals surface area contributed by atoms with E-state index < -0.39 is 12.2 Å². The summed E-state index contributed by atoms with van der Waals surface area (Å²) in [5.74, 6) is -0.0272. The van der Waals surface area contributed by atoms with Gasteiger partial charge in [0.1, 0.15) is 11.9 Å². The van der Waals surface area contributed by atoms with Gasteiger partial charge in [0.05, 0.1) is 17.3 Å². The number of anilines is 1. The number of benzene rings is 4. The summed E-state index contributed by atoms with van der Waals surface area (Å²) >= 11 is 0. The van der Waals surface area contributed by atoms with Crippen LogP contribution in [0.1, 0.15) is 46.0 Å². The zero-order valence-electron chi connectivity index (χ0n) is 28.9. The van der Waals surface area contributed by atoms with Crippen molar-refractivity contribution in [3.8, 4) is 16.9 Å². The molecule has 1 atom stereocenters. The largest absolute Gasteiger partial charge is 0.506 e. The molecule has 7 rings (SSSR count). The Labute approximate surface area is 301 Å². The molecule has 52 heavy (non-hydrogen) atoms. The number of aromatic hydroxyl groups is 1. The summed E-state index contributed by atoms with van der Waals surface area (Å²) in [5, 5.41) is 27.9. The number of amides is 2. The standard InChI is InChI=1S/C41H43N5O6/c47-36-14-12-32(33-13-15-38(49)44-39(33)36)37(48)26-42-25-27-10-11-29-16-21-46(40(50)34(29)24-27)23-22-45-19-17-30(18-20-45)52-41(51)43-35-9-5-4-8-31(35)28-6-2-1-3-7-28/h1-15,24,30,37,42,47-48H,16-23,25-26H2,(H,43,51)(H,44,49)/t37-/m0/s1. The number of carbonyl (C=O) groups excluding carboxylic acids is 2. The SMILES string of the molecule is O=C(Nc1ccccc1-c1ccccc1)OC1CCN(CCN2CCc3ccc(CNC[C@H](O)c4ccc(O)c5[nH]c(=O)ccc45)cc3C2=O)CC1. The second-order valence-electron chi connectivity index (χ2n) is 13.4. The van der Waals surface area contributed by atoms with E-state index in [9.17, 15) is 24.6 Å². The fourth-order valence-electron chi connectivity index (χ4n) is 7.17. The van der Waals surface area contributed by atoms with Gasteiger partial charge in [-0.1, -0.05) is 66.7 Å². The minimum absolute atomic E-state index is 0.0263. The summed E-state index contributed by atoms with van der Waals surface area (Å²) in [5.41, 5.74) is 5.93. The van der Waals surface area contributed by atoms with E-state index in [2.05, 4.69) is 20.5 Å². The molecule has 1 fully saturated rings. The van der Waals surface area contributed by atoms with E-state index in [0.29, 0.717) is 47.4 Å². The minimum atomic E-state index is -0.875. The van der Waals surface area contributed by atoms with Crippen LogP contribution in [0, 0.1) is 0 Å². The van der Waals surface area contributed by atoms with Gasteiger partial charge in [0, 0.05) is 68.4 Å². The highest BCUT2D eigenvalue weighted by Gasteiger charge is 2.27. The first kappa shape index (κ1) is 34.9. The normalized spacial score (nSPS) is 15.7. The highest BCUT2D eigenvalue weighted by atomic mass is 16.6. The molecule has 0 unspecified atom stereocenters. The smallest absolute Gasteiger partial charge is 0.411 e. The summed E-state index contributed by atoms with van der Waals surface area (Å²) in [6.45, 7) is 4.33. The zero-order valence-corrected chi connectivity index (χ0v) is 28.9. The number of aromatic amines is 1. The van der Waals surface area contributed by atoms with Crippen LogP contribution < -0.4 is 16.2 Å². The van der Waals surface area contributed by atoms with Crippen molar-refractivity contribution in [3.63, 3.8) is 0 Å². The number of phenols is 1. The van der Waals surface area contributed by atoms with Gasteiger partial charge in [-0.3, -0.25) is 14.9 Å². The molecular weight excluding hydrogens is 658 g/mol. The first-order valence-electron chi connectivity index (χ1n) is 17.8. The van der Waals surface area contributed by atoms with E-state index in [1.165, 1.54) is 12.1 Å². The first-order chi connectivity index (χ1) is 25.3. The van der Waals surface area contributed by atoms with Crippen molar-refractivity contribution in [2.45, 2.75) is 38.0 Å². The Kier molecular flexibility index (Phi) is 10.6. The van der Waals surface area contributed by atoms with Crippen molar-refractivity contribution in [3.05, 3.63) is 130 Å². The van der Waals surface area contributed by atoms with Crippen LogP contribution >= 0.6 is 0 Å². The maximum Gasteiger partial charge on any atom is 0.411 e. The molecule has 1 saturated heterocycles. The van der Waals surface area contributed by atoms with Crippen molar-refractivity contribution in [2.24, 2.45) is 0 Å². The number of hydrogen-bond donors (Lipinski definition) is 5. The zero-order chi connectivity index (χ0) is 36.0. The first-order valence-corrected chi connectivity index (χ1v) is 17.8. The molecule has 11 nitrogen and oxygen atoms in total. The van der Waals surface area contributed by atoms with Crippen LogP contribution in [-0.4, -0.2) is 82.4 Å². The highest BCUT2D eigenvalue weighted by Crippen LogP contribution is 2.30. The number of nitrogens with one attached hydrogen (secondary N) is 3. The third-order valence-electron chi connectivity index (χ3n) is 10.0. The number of piperidine rings is 1. The van der Waals surface area contributed by atoms with E-state index in [4.69, 9.17) is 4.74 Å². The van der Waals surface area contributed by atoms with Crippen molar-refractivity contribution in [2.75, 3.05) is 44.6 Å². The summed E-state index contributed by atoms with van der Waals surface area (Å²) in [7, 11) is 0. The number of para-hydroxylation sites is 1. The van der Waals surface area contributed by atoms with E-state index in [1.54, 1.807) is 12.1 Å². The molecule has 11 heteroatoms. The lowest BCUT2D eigenvalue weighted by molar-refractivity contribution is 0.0517. The number of ether oxygens (including phenoxy) is 1. The molecule has 0 saturated carbocycles. The van der Waals surface area contributed by atoms with Crippen LogP contribution in [0.4, 0.5) is 10.5 Å². The van der Waals surface area contributed by atoms with Gasteiger partial charge in [0.25, 0.3) is 5.91 Å². The van der Waals surface area contributed by atoms with Gasteiger partial charge >= 0.3 is 6.09 Å². The lowest BCUT2D eigenvalue weighted by atomic mass is 9.96. The second kappa shape index (κ2) is 15.8. The van der Waals surface area contributed by atoms with Gasteiger partial charge in [-0.15, -0.1) is 0 Å². The number of likely N-dealkylation sites (tertiary alicyclic amines) is 1. The van der Waals surface area contributed by atoms with Crippen molar-refractivity contribution >= 4 is 28.6 Å². The molecule has 2 amide bonds. The lowest BCUT2D eigenvalue weighted by Crippen LogP contribution is -2.45. The summed E-state index contributed by atoms with van der Waals surface area (Å²) in [6.07, 6.45) is 0.774. The number of H-pyrrole nitrogens is 1. The molecule has 0 aliphatic carbocycles. The predicted molar refractivity (Wildman–Crippen MR) is 200 cm³/mol. The minimum Gasteiger partial charge on any atom is -0.506 e. The highest BCUT2D eigenvalue weighted by molar-refractivity contribution is 5.97. The number of carbonyl (C=O) groups is 2. The number of fused-ring (bicyclic) bond motifs is 2. The van der Waals surface area contributed by atoms with E-state index >= 15 is 0 Å². The average molecular weight is 702 g/mol. The quantitative estimate of drug-likeness (QED) is 0.123. The Bertz CT molecular complexity index is 2110.